The fraction of sp³-hybridized carbons (Fsp3) is 1.00. The predicted octanol–water partition coefficient (Wildman–Crippen LogP) is -0.961. The van der Waals surface area contributed by atoms with Crippen molar-refractivity contribution >= 4 is 10.0 Å². The first kappa shape index (κ1) is 11.9. The third-order valence-electron chi connectivity index (χ3n) is 2.38. The molecule has 0 aliphatic heterocycles. The molecule has 0 heterocycles. The van der Waals surface area contributed by atoms with E-state index in [1.165, 1.54) is 0 Å². The molecule has 0 aromatic rings. The van der Waals surface area contributed by atoms with Crippen LogP contribution in [-0.2, 0) is 10.0 Å². The van der Waals surface area contributed by atoms with Crippen molar-refractivity contribution in [2.75, 3.05) is 19.3 Å². The average Bonchev–Trinajstić information content (AvgIpc) is 2.44. The van der Waals surface area contributed by atoms with Gasteiger partial charge in [-0.1, -0.05) is 0 Å². The van der Waals surface area contributed by atoms with E-state index in [1.807, 2.05) is 0 Å². The highest BCUT2D eigenvalue weighted by Crippen LogP contribution is 2.18. The lowest BCUT2D eigenvalue weighted by Crippen LogP contribution is -2.40. The van der Waals surface area contributed by atoms with Crippen molar-refractivity contribution < 1.29 is 13.5 Å². The van der Waals surface area contributed by atoms with Crippen LogP contribution in [0, 0.1) is 0 Å². The Kier molecular flexibility index (Phi) is 4.31. The predicted molar refractivity (Wildman–Crippen MR) is 54.5 cm³/mol. The molecule has 1 aliphatic rings. The fourth-order valence-corrected chi connectivity index (χ4v) is 2.15. The minimum Gasteiger partial charge on any atom is -0.392 e. The van der Waals surface area contributed by atoms with E-state index in [4.69, 9.17) is 0 Å². The Labute approximate surface area is 84.9 Å². The highest BCUT2D eigenvalue weighted by atomic mass is 32.2. The maximum absolute atomic E-state index is 10.7. The first-order chi connectivity index (χ1) is 6.49. The van der Waals surface area contributed by atoms with E-state index in [0.29, 0.717) is 13.1 Å². The third-order valence-corrected chi connectivity index (χ3v) is 3.10. The number of aliphatic hydroxyl groups excluding tert-OH is 1. The Bertz CT molecular complexity index is 266. The van der Waals surface area contributed by atoms with Crippen molar-refractivity contribution in [1.82, 2.24) is 10.0 Å². The maximum atomic E-state index is 10.7. The van der Waals surface area contributed by atoms with Crippen LogP contribution in [-0.4, -0.2) is 45.0 Å². The molecule has 1 fully saturated rings. The smallest absolute Gasteiger partial charge is 0.208 e. The molecule has 0 aromatic heterocycles. The van der Waals surface area contributed by atoms with Crippen LogP contribution in [0.5, 0.6) is 0 Å². The van der Waals surface area contributed by atoms with Crippen LogP contribution in [0.2, 0.25) is 0 Å². The van der Waals surface area contributed by atoms with E-state index < -0.39 is 10.0 Å². The van der Waals surface area contributed by atoms with Gasteiger partial charge in [-0.2, -0.15) is 0 Å². The van der Waals surface area contributed by atoms with Gasteiger partial charge in [0.05, 0.1) is 12.4 Å². The molecule has 0 spiro atoms. The summed E-state index contributed by atoms with van der Waals surface area (Å²) in [4.78, 5) is 0. The highest BCUT2D eigenvalue weighted by molar-refractivity contribution is 7.88. The summed E-state index contributed by atoms with van der Waals surface area (Å²) in [5.74, 6) is 0. The van der Waals surface area contributed by atoms with Gasteiger partial charge in [-0.05, 0) is 19.3 Å². The molecule has 1 rings (SSSR count). The van der Waals surface area contributed by atoms with Crippen molar-refractivity contribution in [2.45, 2.75) is 31.4 Å². The second-order valence-corrected chi connectivity index (χ2v) is 5.56. The fourth-order valence-electron chi connectivity index (χ4n) is 1.67. The molecular weight excluding hydrogens is 204 g/mol. The van der Waals surface area contributed by atoms with E-state index in [0.717, 1.165) is 25.5 Å². The molecular formula is C8H18N2O3S. The number of sulfonamides is 1. The van der Waals surface area contributed by atoms with Crippen LogP contribution in [0.15, 0.2) is 0 Å². The van der Waals surface area contributed by atoms with E-state index in [-0.39, 0.29) is 12.1 Å². The number of hydrogen-bond acceptors (Lipinski definition) is 4. The Morgan fingerprint density at radius 2 is 2.07 bits per heavy atom. The SMILES string of the molecule is CS(=O)(=O)NCCNC1CCCC1O. The summed E-state index contributed by atoms with van der Waals surface area (Å²) in [6.07, 6.45) is 3.72. The van der Waals surface area contributed by atoms with Crippen LogP contribution in [0.3, 0.4) is 0 Å². The lowest BCUT2D eigenvalue weighted by molar-refractivity contribution is 0.150. The molecule has 6 heteroatoms. The van der Waals surface area contributed by atoms with Crippen LogP contribution in [0.1, 0.15) is 19.3 Å². The molecule has 0 bridgehead atoms. The van der Waals surface area contributed by atoms with Crippen LogP contribution in [0.4, 0.5) is 0 Å². The van der Waals surface area contributed by atoms with E-state index in [9.17, 15) is 13.5 Å². The molecule has 0 saturated heterocycles. The topological polar surface area (TPSA) is 78.4 Å². The summed E-state index contributed by atoms with van der Waals surface area (Å²) in [5.41, 5.74) is 0. The molecule has 0 amide bonds. The van der Waals surface area contributed by atoms with Gasteiger partial charge in [0.15, 0.2) is 0 Å². The first-order valence-electron chi connectivity index (χ1n) is 4.85. The van der Waals surface area contributed by atoms with Gasteiger partial charge in [0, 0.05) is 19.1 Å². The molecule has 2 atom stereocenters. The zero-order chi connectivity index (χ0) is 10.6. The molecule has 1 aliphatic carbocycles. The molecule has 14 heavy (non-hydrogen) atoms. The summed E-state index contributed by atoms with van der Waals surface area (Å²) in [6, 6.07) is 0.136. The van der Waals surface area contributed by atoms with Crippen molar-refractivity contribution in [3.63, 3.8) is 0 Å². The lowest BCUT2D eigenvalue weighted by atomic mass is 10.2. The quantitative estimate of drug-likeness (QED) is 0.523. The number of rotatable bonds is 5. The van der Waals surface area contributed by atoms with E-state index in [2.05, 4.69) is 10.0 Å². The zero-order valence-corrected chi connectivity index (χ0v) is 9.18. The Balaban J connectivity index is 2.09. The maximum Gasteiger partial charge on any atom is 0.208 e. The molecule has 1 saturated carbocycles. The normalized spacial score (nSPS) is 28.1. The van der Waals surface area contributed by atoms with Gasteiger partial charge in [-0.25, -0.2) is 13.1 Å². The van der Waals surface area contributed by atoms with Gasteiger partial charge in [0.25, 0.3) is 0 Å². The summed E-state index contributed by atoms with van der Waals surface area (Å²) in [7, 11) is -3.09. The Hall–Kier alpha value is -0.170. The van der Waals surface area contributed by atoms with Gasteiger partial charge in [0.1, 0.15) is 0 Å². The monoisotopic (exact) mass is 222 g/mol. The number of aliphatic hydroxyl groups is 1. The summed E-state index contributed by atoms with van der Waals surface area (Å²) in [6.45, 7) is 0.941. The molecule has 3 N–H and O–H groups in total. The molecule has 0 radical (unpaired) electrons. The number of hydrogen-bond donors (Lipinski definition) is 3. The van der Waals surface area contributed by atoms with E-state index in [1.54, 1.807) is 0 Å². The summed E-state index contributed by atoms with van der Waals surface area (Å²) in [5, 5.41) is 12.6. The lowest BCUT2D eigenvalue weighted by Gasteiger charge is -2.16. The van der Waals surface area contributed by atoms with Crippen molar-refractivity contribution in [3.8, 4) is 0 Å². The zero-order valence-electron chi connectivity index (χ0n) is 8.36. The molecule has 5 nitrogen and oxygen atoms in total. The van der Waals surface area contributed by atoms with E-state index >= 15 is 0 Å². The summed E-state index contributed by atoms with van der Waals surface area (Å²) >= 11 is 0. The van der Waals surface area contributed by atoms with Gasteiger partial charge in [0.2, 0.25) is 10.0 Å². The van der Waals surface area contributed by atoms with Crippen molar-refractivity contribution in [2.24, 2.45) is 0 Å². The molecule has 0 aromatic carbocycles. The van der Waals surface area contributed by atoms with Crippen LogP contribution < -0.4 is 10.0 Å². The minimum absolute atomic E-state index is 0.136. The summed E-state index contributed by atoms with van der Waals surface area (Å²) < 4.78 is 23.8. The Morgan fingerprint density at radius 1 is 1.36 bits per heavy atom. The third kappa shape index (κ3) is 4.36. The minimum atomic E-state index is -3.09. The first-order valence-corrected chi connectivity index (χ1v) is 6.74. The van der Waals surface area contributed by atoms with Gasteiger partial charge < -0.3 is 10.4 Å². The second-order valence-electron chi connectivity index (χ2n) is 3.73. The largest absolute Gasteiger partial charge is 0.392 e. The van der Waals surface area contributed by atoms with Gasteiger partial charge in [-0.3, -0.25) is 0 Å². The van der Waals surface area contributed by atoms with Crippen molar-refractivity contribution in [3.05, 3.63) is 0 Å². The van der Waals surface area contributed by atoms with Gasteiger partial charge in [-0.15, -0.1) is 0 Å². The molecule has 2 unspecified atom stereocenters. The number of nitrogens with one attached hydrogen (secondary N) is 2. The van der Waals surface area contributed by atoms with Crippen LogP contribution in [0.25, 0.3) is 0 Å². The van der Waals surface area contributed by atoms with Gasteiger partial charge >= 0.3 is 0 Å². The average molecular weight is 222 g/mol. The second kappa shape index (κ2) is 5.06. The Morgan fingerprint density at radius 3 is 2.57 bits per heavy atom. The van der Waals surface area contributed by atoms with Crippen molar-refractivity contribution in [1.29, 1.82) is 0 Å². The standard InChI is InChI=1S/C8H18N2O3S/c1-14(12,13)10-6-5-9-7-3-2-4-8(7)11/h7-11H,2-6H2,1H3. The highest BCUT2D eigenvalue weighted by Gasteiger charge is 2.23. The van der Waals surface area contributed by atoms with Crippen LogP contribution >= 0.6 is 0 Å². The molecule has 84 valence electrons.